The van der Waals surface area contributed by atoms with E-state index < -0.39 is 10.1 Å². The Balaban J connectivity index is 4.17. The van der Waals surface area contributed by atoms with E-state index in [1.54, 1.807) is 0 Å². The molecule has 6 nitrogen and oxygen atoms in total. The number of nitrogens with two attached hydrogens (primary N) is 2. The minimum Gasteiger partial charge on any atom is -0.330 e. The maximum atomic E-state index is 10.7. The van der Waals surface area contributed by atoms with Gasteiger partial charge in [0.15, 0.2) is 0 Å². The van der Waals surface area contributed by atoms with Gasteiger partial charge in [0.1, 0.15) is 0 Å². The summed E-state index contributed by atoms with van der Waals surface area (Å²) in [5.41, 5.74) is 11.0. The fourth-order valence-electron chi connectivity index (χ4n) is 1.91. The van der Waals surface area contributed by atoms with Gasteiger partial charge in [-0.2, -0.15) is 8.42 Å². The molecule has 0 heterocycles. The maximum absolute atomic E-state index is 10.7. The number of hydrogen-bond acceptors (Lipinski definition) is 4. The topological polar surface area (TPSA) is 106 Å². The molecule has 0 bridgehead atoms. The van der Waals surface area contributed by atoms with Crippen molar-refractivity contribution in [2.75, 3.05) is 45.5 Å². The molecule has 0 fully saturated rings. The van der Waals surface area contributed by atoms with Crippen molar-refractivity contribution in [3.05, 3.63) is 0 Å². The fraction of sp³-hybridized carbons (Fsp3) is 1.00. The quantitative estimate of drug-likeness (QED) is 0.363. The minimum atomic E-state index is -3.85. The van der Waals surface area contributed by atoms with Crippen LogP contribution >= 0.6 is 0 Å². The molecule has 0 saturated heterocycles. The average molecular weight is 268 g/mol. The highest BCUT2D eigenvalue weighted by Gasteiger charge is 2.21. The highest BCUT2D eigenvalue weighted by molar-refractivity contribution is 7.85. The lowest BCUT2D eigenvalue weighted by Gasteiger charge is -2.34. The molecule has 0 amide bonds. The summed E-state index contributed by atoms with van der Waals surface area (Å²) in [5, 5.41) is 0. The van der Waals surface area contributed by atoms with Crippen LogP contribution < -0.4 is 11.5 Å². The van der Waals surface area contributed by atoms with Crippen LogP contribution in [0.25, 0.3) is 0 Å². The molecule has 0 saturated carbocycles. The Morgan fingerprint density at radius 1 is 1.00 bits per heavy atom. The molecule has 0 aliphatic heterocycles. The zero-order valence-electron chi connectivity index (χ0n) is 10.6. The summed E-state index contributed by atoms with van der Waals surface area (Å²) in [6, 6.07) is 0. The smallest absolute Gasteiger partial charge is 0.265 e. The van der Waals surface area contributed by atoms with Gasteiger partial charge in [0, 0.05) is 19.3 Å². The van der Waals surface area contributed by atoms with Crippen molar-refractivity contribution < 1.29 is 17.5 Å². The normalized spacial score (nSPS) is 12.9. The second-order valence-electron chi connectivity index (χ2n) is 4.71. The van der Waals surface area contributed by atoms with Crippen LogP contribution in [0.4, 0.5) is 0 Å². The average Bonchev–Trinajstić information content (AvgIpc) is 2.22. The third-order valence-corrected chi connectivity index (χ3v) is 3.71. The molecular formula is C10H26N3O3S+. The third kappa shape index (κ3) is 9.49. The van der Waals surface area contributed by atoms with E-state index in [1.165, 1.54) is 0 Å². The SMILES string of the molecule is C[N+](CCCN)(CCCN)CCCS(=O)(=O)O. The molecule has 0 aromatic carbocycles. The van der Waals surface area contributed by atoms with Crippen molar-refractivity contribution in [1.29, 1.82) is 0 Å². The molecule has 0 aromatic rings. The van der Waals surface area contributed by atoms with Crippen molar-refractivity contribution in [3.63, 3.8) is 0 Å². The lowest BCUT2D eigenvalue weighted by Crippen LogP contribution is -2.47. The monoisotopic (exact) mass is 268 g/mol. The summed E-state index contributed by atoms with van der Waals surface area (Å²) in [4.78, 5) is 0. The van der Waals surface area contributed by atoms with Crippen molar-refractivity contribution in [2.45, 2.75) is 19.3 Å². The minimum absolute atomic E-state index is 0.175. The van der Waals surface area contributed by atoms with Gasteiger partial charge < -0.3 is 16.0 Å². The van der Waals surface area contributed by atoms with Gasteiger partial charge in [-0.05, 0) is 13.1 Å². The molecule has 0 atom stereocenters. The molecular weight excluding hydrogens is 242 g/mol. The van der Waals surface area contributed by atoms with Crippen LogP contribution in [0.15, 0.2) is 0 Å². The Kier molecular flexibility index (Phi) is 7.89. The molecule has 5 N–H and O–H groups in total. The molecule has 17 heavy (non-hydrogen) atoms. The first kappa shape index (κ1) is 16.8. The molecule has 104 valence electrons. The zero-order valence-corrected chi connectivity index (χ0v) is 11.5. The van der Waals surface area contributed by atoms with Gasteiger partial charge in [-0.25, -0.2) is 0 Å². The van der Waals surface area contributed by atoms with Crippen molar-refractivity contribution in [2.24, 2.45) is 11.5 Å². The van der Waals surface area contributed by atoms with E-state index in [-0.39, 0.29) is 5.75 Å². The first-order chi connectivity index (χ1) is 7.83. The van der Waals surface area contributed by atoms with Gasteiger partial charge in [-0.15, -0.1) is 0 Å². The Bertz CT molecular complexity index is 285. The number of nitrogens with zero attached hydrogens (tertiary/aromatic N) is 1. The Labute approximate surface area is 104 Å². The van der Waals surface area contributed by atoms with E-state index in [0.717, 1.165) is 37.0 Å². The zero-order chi connectivity index (χ0) is 13.4. The third-order valence-electron chi connectivity index (χ3n) is 2.90. The first-order valence-electron chi connectivity index (χ1n) is 6.02. The summed E-state index contributed by atoms with van der Waals surface area (Å²) in [6.45, 7) is 3.83. The van der Waals surface area contributed by atoms with Crippen LogP contribution in [0.3, 0.4) is 0 Å². The molecule has 0 radical (unpaired) electrons. The van der Waals surface area contributed by atoms with Crippen molar-refractivity contribution in [1.82, 2.24) is 0 Å². The van der Waals surface area contributed by atoms with Crippen LogP contribution in [0.2, 0.25) is 0 Å². The summed E-state index contributed by atoms with van der Waals surface area (Å²) in [5.74, 6) is -0.175. The van der Waals surface area contributed by atoms with Crippen molar-refractivity contribution >= 4 is 10.1 Å². The summed E-state index contributed by atoms with van der Waals surface area (Å²) in [7, 11) is -1.77. The van der Waals surface area contributed by atoms with E-state index >= 15 is 0 Å². The predicted molar refractivity (Wildman–Crippen MR) is 69.2 cm³/mol. The van der Waals surface area contributed by atoms with Gasteiger partial charge >= 0.3 is 0 Å². The van der Waals surface area contributed by atoms with E-state index in [4.69, 9.17) is 16.0 Å². The highest BCUT2D eigenvalue weighted by Crippen LogP contribution is 2.08. The molecule has 0 aliphatic rings. The molecule has 0 unspecified atom stereocenters. The number of hydrogen-bond donors (Lipinski definition) is 3. The summed E-state index contributed by atoms with van der Waals surface area (Å²) in [6.07, 6.45) is 2.28. The van der Waals surface area contributed by atoms with Crippen LogP contribution in [0, 0.1) is 0 Å². The lowest BCUT2D eigenvalue weighted by molar-refractivity contribution is -0.909. The van der Waals surface area contributed by atoms with Gasteiger partial charge in [0.25, 0.3) is 10.1 Å². The largest absolute Gasteiger partial charge is 0.330 e. The van der Waals surface area contributed by atoms with Gasteiger partial charge in [-0.1, -0.05) is 0 Å². The fourth-order valence-corrected chi connectivity index (χ4v) is 2.40. The standard InChI is InChI=1S/C10H25N3O3S/c1-13(7-2-5-11,8-3-6-12)9-4-10-17(14,15)16/h2-12H2,1H3/p+1. The van der Waals surface area contributed by atoms with Gasteiger partial charge in [0.05, 0.1) is 32.4 Å². The Morgan fingerprint density at radius 3 is 1.76 bits per heavy atom. The molecule has 0 aromatic heterocycles. The Morgan fingerprint density at radius 2 is 1.41 bits per heavy atom. The van der Waals surface area contributed by atoms with Gasteiger partial charge in [0.2, 0.25) is 0 Å². The molecule has 0 rings (SSSR count). The molecule has 0 aliphatic carbocycles. The van der Waals surface area contributed by atoms with E-state index in [2.05, 4.69) is 7.05 Å². The lowest BCUT2D eigenvalue weighted by atomic mass is 10.2. The predicted octanol–water partition coefficient (Wildman–Crippen LogP) is -0.591. The molecule has 0 spiro atoms. The van der Waals surface area contributed by atoms with Crippen LogP contribution in [-0.4, -0.2) is 63.0 Å². The second-order valence-corrected chi connectivity index (χ2v) is 6.29. The van der Waals surface area contributed by atoms with Crippen LogP contribution in [-0.2, 0) is 10.1 Å². The maximum Gasteiger partial charge on any atom is 0.265 e. The van der Waals surface area contributed by atoms with E-state index in [0.29, 0.717) is 19.5 Å². The van der Waals surface area contributed by atoms with Crippen LogP contribution in [0.1, 0.15) is 19.3 Å². The van der Waals surface area contributed by atoms with Crippen LogP contribution in [0.5, 0.6) is 0 Å². The highest BCUT2D eigenvalue weighted by atomic mass is 32.2. The number of rotatable bonds is 10. The van der Waals surface area contributed by atoms with Crippen molar-refractivity contribution in [3.8, 4) is 0 Å². The van der Waals surface area contributed by atoms with E-state index in [1.807, 2.05) is 0 Å². The Hall–Kier alpha value is -0.210. The molecule has 7 heteroatoms. The summed E-state index contributed by atoms with van der Waals surface area (Å²) < 4.78 is 30.8. The second kappa shape index (κ2) is 7.99. The van der Waals surface area contributed by atoms with E-state index in [9.17, 15) is 8.42 Å². The first-order valence-corrected chi connectivity index (χ1v) is 7.63. The van der Waals surface area contributed by atoms with Gasteiger partial charge in [-0.3, -0.25) is 4.55 Å². The number of quaternary nitrogens is 1. The summed E-state index contributed by atoms with van der Waals surface area (Å²) >= 11 is 0.